The third-order valence-corrected chi connectivity index (χ3v) is 7.21. The predicted molar refractivity (Wildman–Crippen MR) is 145 cm³/mol. The van der Waals surface area contributed by atoms with Crippen LogP contribution in [0.25, 0.3) is 11.3 Å². The topological polar surface area (TPSA) is 129 Å². The van der Waals surface area contributed by atoms with Crippen molar-refractivity contribution >= 4 is 34.1 Å². The van der Waals surface area contributed by atoms with Crippen LogP contribution in [0.15, 0.2) is 42.3 Å². The summed E-state index contributed by atoms with van der Waals surface area (Å²) in [5.41, 5.74) is 3.76. The maximum Gasteiger partial charge on any atom is 0.255 e. The van der Waals surface area contributed by atoms with E-state index in [0.717, 1.165) is 34.9 Å². The number of nitrogens with zero attached hydrogens (tertiary/aromatic N) is 9. The van der Waals surface area contributed by atoms with E-state index < -0.39 is 0 Å². The van der Waals surface area contributed by atoms with E-state index in [0.29, 0.717) is 42.5 Å². The lowest BCUT2D eigenvalue weighted by atomic mass is 10.1. The Morgan fingerprint density at radius 2 is 2.03 bits per heavy atom. The van der Waals surface area contributed by atoms with E-state index in [-0.39, 0.29) is 11.9 Å². The molecule has 12 heteroatoms. The highest BCUT2D eigenvalue weighted by Gasteiger charge is 2.31. The van der Waals surface area contributed by atoms with Gasteiger partial charge in [-0.05, 0) is 25.5 Å². The van der Waals surface area contributed by atoms with Crippen molar-refractivity contribution in [2.75, 3.05) is 29.9 Å². The summed E-state index contributed by atoms with van der Waals surface area (Å²) in [4.78, 5) is 35.2. The van der Waals surface area contributed by atoms with E-state index in [1.165, 1.54) is 23.7 Å². The number of pyridine rings is 1. The molecule has 1 aliphatic rings. The van der Waals surface area contributed by atoms with Gasteiger partial charge >= 0.3 is 0 Å². The molecule has 11 nitrogen and oxygen atoms in total. The van der Waals surface area contributed by atoms with Crippen molar-refractivity contribution in [3.8, 4) is 17.3 Å². The van der Waals surface area contributed by atoms with Crippen molar-refractivity contribution in [1.82, 2.24) is 34.6 Å². The monoisotopic (exact) mass is 528 g/mol. The molecule has 5 rings (SSSR count). The number of amides is 1. The number of carbonyl (C=O) groups is 1. The van der Waals surface area contributed by atoms with Crippen molar-refractivity contribution < 1.29 is 4.79 Å². The van der Waals surface area contributed by atoms with Crippen LogP contribution in [0.3, 0.4) is 0 Å². The minimum Gasteiger partial charge on any atom is -0.337 e. The molecule has 1 amide bonds. The number of carbonyl (C=O) groups excluding carboxylic acids is 1. The van der Waals surface area contributed by atoms with Crippen LogP contribution in [0.5, 0.6) is 0 Å². The fraction of sp³-hybridized carbons (Fsp3) is 0.346. The van der Waals surface area contributed by atoms with Gasteiger partial charge in [-0.1, -0.05) is 13.3 Å². The first-order valence-electron chi connectivity index (χ1n) is 12.4. The highest BCUT2D eigenvalue weighted by Crippen LogP contribution is 2.28. The fourth-order valence-corrected chi connectivity index (χ4v) is 5.32. The average Bonchev–Trinajstić information content (AvgIpc) is 3.53. The maximum absolute atomic E-state index is 13.4. The minimum absolute atomic E-state index is 0.0305. The number of hydrogen-bond donors (Lipinski definition) is 1. The fourth-order valence-electron chi connectivity index (χ4n) is 4.60. The third kappa shape index (κ3) is 5.33. The summed E-state index contributed by atoms with van der Waals surface area (Å²) in [5, 5.41) is 19.3. The van der Waals surface area contributed by atoms with Crippen molar-refractivity contribution in [2.24, 2.45) is 7.05 Å². The summed E-state index contributed by atoms with van der Waals surface area (Å²) >= 11 is 1.49. The first-order valence-corrected chi connectivity index (χ1v) is 13.3. The van der Waals surface area contributed by atoms with Gasteiger partial charge in [-0.25, -0.2) is 19.9 Å². The van der Waals surface area contributed by atoms with E-state index in [1.54, 1.807) is 23.0 Å². The standard InChI is InChI=1S/C26H28N10OS/c1-4-5-20-14-35(25-29-11-18(10-27)12-30-25)8-9-36(20)24(37)19-6-7-23(28-13-19)32-26-31-22(16-38-26)21-15-34(3)33-17(21)2/h6-7,11-13,15-16,20H,4-5,8-9,14H2,1-3H3,(H,28,31,32)/t20-/m0/s1. The van der Waals surface area contributed by atoms with E-state index in [2.05, 4.69) is 42.2 Å². The van der Waals surface area contributed by atoms with E-state index in [4.69, 9.17) is 5.26 Å². The number of aryl methyl sites for hydroxylation is 2. The van der Waals surface area contributed by atoms with Crippen molar-refractivity contribution in [2.45, 2.75) is 32.7 Å². The summed E-state index contributed by atoms with van der Waals surface area (Å²) in [6, 6.07) is 5.68. The lowest BCUT2D eigenvalue weighted by molar-refractivity contribution is 0.0644. The van der Waals surface area contributed by atoms with E-state index >= 15 is 0 Å². The molecule has 5 heterocycles. The molecular weight excluding hydrogens is 500 g/mol. The summed E-state index contributed by atoms with van der Waals surface area (Å²) in [7, 11) is 1.89. The lowest BCUT2D eigenvalue weighted by Crippen LogP contribution is -2.55. The Hall–Kier alpha value is -4.37. The number of thiazole rings is 1. The Kier molecular flexibility index (Phi) is 7.28. The number of rotatable bonds is 7. The van der Waals surface area contributed by atoms with Crippen LogP contribution in [-0.2, 0) is 7.05 Å². The maximum atomic E-state index is 13.4. The first kappa shape index (κ1) is 25.3. The zero-order valence-corrected chi connectivity index (χ0v) is 22.3. The van der Waals surface area contributed by atoms with E-state index in [1.807, 2.05) is 36.5 Å². The third-order valence-electron chi connectivity index (χ3n) is 6.45. The number of hydrogen-bond acceptors (Lipinski definition) is 10. The zero-order valence-electron chi connectivity index (χ0n) is 21.5. The van der Waals surface area contributed by atoms with Crippen molar-refractivity contribution in [3.63, 3.8) is 0 Å². The molecule has 1 N–H and O–H groups in total. The van der Waals surface area contributed by atoms with Gasteiger partial charge in [0.1, 0.15) is 11.9 Å². The highest BCUT2D eigenvalue weighted by atomic mass is 32.1. The molecule has 1 fully saturated rings. The number of anilines is 3. The minimum atomic E-state index is -0.0357. The Labute approximate surface area is 224 Å². The van der Waals surface area contributed by atoms with Crippen LogP contribution in [0, 0.1) is 18.3 Å². The molecule has 0 bridgehead atoms. The number of nitrogens with one attached hydrogen (secondary N) is 1. The van der Waals surface area contributed by atoms with Gasteiger partial charge in [0.05, 0.1) is 34.9 Å². The first-order chi connectivity index (χ1) is 18.4. The second kappa shape index (κ2) is 10.9. The van der Waals surface area contributed by atoms with Crippen molar-refractivity contribution in [3.05, 3.63) is 59.1 Å². The largest absolute Gasteiger partial charge is 0.337 e. The number of aromatic nitrogens is 6. The molecule has 0 aliphatic carbocycles. The molecule has 38 heavy (non-hydrogen) atoms. The van der Waals surface area contributed by atoms with Crippen LogP contribution >= 0.6 is 11.3 Å². The van der Waals surface area contributed by atoms with E-state index in [9.17, 15) is 4.79 Å². The molecule has 1 atom stereocenters. The van der Waals surface area contributed by atoms with Crippen LogP contribution in [0.2, 0.25) is 0 Å². The lowest BCUT2D eigenvalue weighted by Gasteiger charge is -2.41. The molecule has 1 saturated heterocycles. The van der Waals surface area contributed by atoms with Crippen LogP contribution in [0.4, 0.5) is 16.9 Å². The molecular formula is C26H28N10OS. The summed E-state index contributed by atoms with van der Waals surface area (Å²) in [6.07, 6.45) is 8.45. The van der Waals surface area contributed by atoms with Gasteiger partial charge in [-0.15, -0.1) is 11.3 Å². The Bertz CT molecular complexity index is 1450. The average molecular weight is 529 g/mol. The molecule has 4 aromatic heterocycles. The zero-order chi connectivity index (χ0) is 26.6. The quantitative estimate of drug-likeness (QED) is 0.381. The second-order valence-corrected chi connectivity index (χ2v) is 10.0. The van der Waals surface area contributed by atoms with Crippen LogP contribution < -0.4 is 10.2 Å². The van der Waals surface area contributed by atoms with Gasteiger partial charge in [0.15, 0.2) is 5.13 Å². The molecule has 0 aromatic carbocycles. The second-order valence-electron chi connectivity index (χ2n) is 9.17. The number of piperazine rings is 1. The smallest absolute Gasteiger partial charge is 0.255 e. The van der Waals surface area contributed by atoms with Gasteiger partial charge in [-0.3, -0.25) is 9.48 Å². The Morgan fingerprint density at radius 3 is 2.68 bits per heavy atom. The van der Waals surface area contributed by atoms with Crippen LogP contribution in [-0.4, -0.2) is 66.2 Å². The van der Waals surface area contributed by atoms with Gasteiger partial charge in [-0.2, -0.15) is 10.4 Å². The normalized spacial score (nSPS) is 15.4. The van der Waals surface area contributed by atoms with Crippen LogP contribution in [0.1, 0.15) is 41.4 Å². The molecule has 0 saturated carbocycles. The summed E-state index contributed by atoms with van der Waals surface area (Å²) in [5.74, 6) is 1.17. The van der Waals surface area contributed by atoms with Gasteiger partial charge < -0.3 is 15.1 Å². The highest BCUT2D eigenvalue weighted by molar-refractivity contribution is 7.14. The molecule has 194 valence electrons. The van der Waals surface area contributed by atoms with Crippen molar-refractivity contribution in [1.29, 1.82) is 5.26 Å². The predicted octanol–water partition coefficient (Wildman–Crippen LogP) is 3.78. The summed E-state index contributed by atoms with van der Waals surface area (Å²) < 4.78 is 1.78. The summed E-state index contributed by atoms with van der Waals surface area (Å²) in [6.45, 7) is 5.89. The van der Waals surface area contributed by atoms with Gasteiger partial charge in [0.2, 0.25) is 5.95 Å². The number of nitriles is 1. The molecule has 0 spiro atoms. The molecule has 0 unspecified atom stereocenters. The Morgan fingerprint density at radius 1 is 1.21 bits per heavy atom. The Balaban J connectivity index is 1.24. The molecule has 4 aromatic rings. The van der Waals surface area contributed by atoms with Gasteiger partial charge in [0.25, 0.3) is 5.91 Å². The molecule has 0 radical (unpaired) electrons. The SMILES string of the molecule is CCC[C@H]1CN(c2ncc(C#N)cn2)CCN1C(=O)c1ccc(Nc2nc(-c3cn(C)nc3C)cs2)nc1. The molecule has 1 aliphatic heterocycles. The van der Waals surface area contributed by atoms with Gasteiger partial charge in [0, 0.05) is 56.1 Å².